The molecule has 0 unspecified atom stereocenters. The van der Waals surface area contributed by atoms with Crippen LogP contribution in [-0.4, -0.2) is 32.3 Å². The Labute approximate surface area is 216 Å². The molecule has 4 rings (SSSR count). The Bertz CT molecular complexity index is 1400. The second kappa shape index (κ2) is 11.4. The number of anilines is 1. The van der Waals surface area contributed by atoms with Gasteiger partial charge in [0.2, 0.25) is 5.91 Å². The van der Waals surface area contributed by atoms with Gasteiger partial charge in [-0.3, -0.25) is 9.59 Å². The zero-order valence-electron chi connectivity index (χ0n) is 18.5. The number of nitrogens with one attached hydrogen (secondary N) is 2. The zero-order valence-corrected chi connectivity index (χ0v) is 20.8. The summed E-state index contributed by atoms with van der Waals surface area (Å²) in [4.78, 5) is 25.2. The van der Waals surface area contributed by atoms with Crippen molar-refractivity contribution in [2.75, 3.05) is 11.1 Å². The first-order valence-corrected chi connectivity index (χ1v) is 12.4. The SMILES string of the molecule is C=CCn1c(CNC(=O)c2ccc(Cl)cc2Cl)nnc1SCC(=O)Nc1cccc2ccccc12. The first-order valence-electron chi connectivity index (χ1n) is 10.6. The second-order valence-corrected chi connectivity index (χ2v) is 9.25. The summed E-state index contributed by atoms with van der Waals surface area (Å²) in [5, 5.41) is 17.4. The van der Waals surface area contributed by atoms with Gasteiger partial charge in [-0.2, -0.15) is 0 Å². The summed E-state index contributed by atoms with van der Waals surface area (Å²) in [6.07, 6.45) is 1.70. The van der Waals surface area contributed by atoms with Crippen molar-refractivity contribution in [2.24, 2.45) is 0 Å². The molecule has 35 heavy (non-hydrogen) atoms. The average molecular weight is 526 g/mol. The van der Waals surface area contributed by atoms with E-state index < -0.39 is 0 Å². The molecule has 7 nitrogen and oxygen atoms in total. The number of aromatic nitrogens is 3. The number of hydrogen-bond acceptors (Lipinski definition) is 5. The Morgan fingerprint density at radius 3 is 2.66 bits per heavy atom. The van der Waals surface area contributed by atoms with Crippen LogP contribution in [0.4, 0.5) is 5.69 Å². The fourth-order valence-electron chi connectivity index (χ4n) is 3.45. The van der Waals surface area contributed by atoms with Gasteiger partial charge in [0.15, 0.2) is 11.0 Å². The third-order valence-electron chi connectivity index (χ3n) is 5.08. The summed E-state index contributed by atoms with van der Waals surface area (Å²) in [5.74, 6) is 0.154. The van der Waals surface area contributed by atoms with Crippen molar-refractivity contribution in [1.29, 1.82) is 0 Å². The highest BCUT2D eigenvalue weighted by molar-refractivity contribution is 7.99. The summed E-state index contributed by atoms with van der Waals surface area (Å²) >= 11 is 13.3. The van der Waals surface area contributed by atoms with Crippen LogP contribution >= 0.6 is 35.0 Å². The van der Waals surface area contributed by atoms with E-state index in [2.05, 4.69) is 27.4 Å². The van der Waals surface area contributed by atoms with E-state index in [-0.39, 0.29) is 29.1 Å². The molecule has 0 aliphatic rings. The molecule has 0 spiro atoms. The molecule has 0 saturated heterocycles. The first-order chi connectivity index (χ1) is 17.0. The quantitative estimate of drug-likeness (QED) is 0.220. The van der Waals surface area contributed by atoms with E-state index in [1.807, 2.05) is 42.5 Å². The van der Waals surface area contributed by atoms with E-state index >= 15 is 0 Å². The van der Waals surface area contributed by atoms with Gasteiger partial charge in [-0.25, -0.2) is 0 Å². The van der Waals surface area contributed by atoms with Gasteiger partial charge in [-0.1, -0.05) is 77.4 Å². The number of amides is 2. The highest BCUT2D eigenvalue weighted by Crippen LogP contribution is 2.24. The minimum absolute atomic E-state index is 0.126. The lowest BCUT2D eigenvalue weighted by molar-refractivity contribution is -0.113. The maximum absolute atomic E-state index is 12.6. The summed E-state index contributed by atoms with van der Waals surface area (Å²) in [6.45, 7) is 4.33. The van der Waals surface area contributed by atoms with Crippen LogP contribution in [0.1, 0.15) is 16.2 Å². The number of rotatable bonds is 9. The van der Waals surface area contributed by atoms with Gasteiger partial charge in [-0.15, -0.1) is 16.8 Å². The number of thioether (sulfide) groups is 1. The van der Waals surface area contributed by atoms with Crippen molar-refractivity contribution in [3.05, 3.63) is 94.8 Å². The fraction of sp³-hybridized carbons (Fsp3) is 0.120. The number of fused-ring (bicyclic) bond motifs is 1. The van der Waals surface area contributed by atoms with Crippen molar-refractivity contribution in [3.8, 4) is 0 Å². The smallest absolute Gasteiger partial charge is 0.253 e. The van der Waals surface area contributed by atoms with Gasteiger partial charge in [0, 0.05) is 22.6 Å². The highest BCUT2D eigenvalue weighted by atomic mass is 35.5. The molecule has 3 aromatic carbocycles. The van der Waals surface area contributed by atoms with E-state index in [4.69, 9.17) is 23.2 Å². The number of halogens is 2. The summed E-state index contributed by atoms with van der Waals surface area (Å²) in [6, 6.07) is 18.3. The molecule has 0 radical (unpaired) electrons. The van der Waals surface area contributed by atoms with Gasteiger partial charge in [0.05, 0.1) is 22.9 Å². The Balaban J connectivity index is 1.40. The number of carbonyl (C=O) groups excluding carboxylic acids is 2. The Morgan fingerprint density at radius 1 is 1.06 bits per heavy atom. The third kappa shape index (κ3) is 6.03. The lowest BCUT2D eigenvalue weighted by atomic mass is 10.1. The molecular weight excluding hydrogens is 505 g/mol. The van der Waals surface area contributed by atoms with Crippen LogP contribution in [0.25, 0.3) is 10.8 Å². The maximum Gasteiger partial charge on any atom is 0.253 e. The van der Waals surface area contributed by atoms with Crippen molar-refractivity contribution in [1.82, 2.24) is 20.1 Å². The summed E-state index contributed by atoms with van der Waals surface area (Å²) < 4.78 is 1.80. The van der Waals surface area contributed by atoms with Crippen molar-refractivity contribution in [2.45, 2.75) is 18.2 Å². The number of benzene rings is 3. The number of hydrogen-bond donors (Lipinski definition) is 2. The minimum Gasteiger partial charge on any atom is -0.345 e. The number of allylic oxidation sites excluding steroid dienone is 1. The Kier molecular flexibility index (Phi) is 8.07. The topological polar surface area (TPSA) is 88.9 Å². The molecule has 0 aliphatic carbocycles. The molecular formula is C25H21Cl2N5O2S. The van der Waals surface area contributed by atoms with Crippen molar-refractivity contribution < 1.29 is 9.59 Å². The lowest BCUT2D eigenvalue weighted by Gasteiger charge is -2.10. The molecule has 178 valence electrons. The molecule has 0 bridgehead atoms. The first kappa shape index (κ1) is 24.8. The van der Waals surface area contributed by atoms with E-state index in [1.54, 1.807) is 22.8 Å². The molecule has 1 aromatic heterocycles. The number of nitrogens with zero attached hydrogens (tertiary/aromatic N) is 3. The van der Waals surface area contributed by atoms with Crippen LogP contribution < -0.4 is 10.6 Å². The largest absolute Gasteiger partial charge is 0.345 e. The van der Waals surface area contributed by atoms with E-state index in [0.29, 0.717) is 28.1 Å². The molecule has 0 saturated carbocycles. The van der Waals surface area contributed by atoms with Crippen LogP contribution in [-0.2, 0) is 17.9 Å². The molecule has 0 fully saturated rings. The molecule has 2 amide bonds. The molecule has 2 N–H and O–H groups in total. The molecule has 1 heterocycles. The van der Waals surface area contributed by atoms with Crippen molar-refractivity contribution >= 4 is 63.2 Å². The predicted octanol–water partition coefficient (Wildman–Crippen LogP) is 5.58. The van der Waals surface area contributed by atoms with Crippen LogP contribution in [0.2, 0.25) is 10.0 Å². The lowest BCUT2D eigenvalue weighted by Crippen LogP contribution is -2.25. The maximum atomic E-state index is 12.6. The van der Waals surface area contributed by atoms with Crippen molar-refractivity contribution in [3.63, 3.8) is 0 Å². The molecule has 10 heteroatoms. The predicted molar refractivity (Wildman–Crippen MR) is 141 cm³/mol. The van der Waals surface area contributed by atoms with Gasteiger partial charge < -0.3 is 15.2 Å². The third-order valence-corrected chi connectivity index (χ3v) is 6.60. The standard InChI is InChI=1S/C25H21Cl2N5O2S/c1-2-12-32-22(14-28-24(34)19-11-10-17(26)13-20(19)27)30-31-25(32)35-15-23(33)29-21-9-5-7-16-6-3-4-8-18(16)21/h2-11,13H,1,12,14-15H2,(H,28,34)(H,29,33). The van der Waals surface area contributed by atoms with Crippen LogP contribution in [0.3, 0.4) is 0 Å². The van der Waals surface area contributed by atoms with E-state index in [9.17, 15) is 9.59 Å². The minimum atomic E-state index is -0.358. The average Bonchev–Trinajstić information content (AvgIpc) is 3.23. The van der Waals surface area contributed by atoms with Gasteiger partial charge in [-0.05, 0) is 29.7 Å². The van der Waals surface area contributed by atoms with Crippen LogP contribution in [0, 0.1) is 0 Å². The van der Waals surface area contributed by atoms with Gasteiger partial charge in [0.1, 0.15) is 0 Å². The van der Waals surface area contributed by atoms with Crippen LogP contribution in [0.15, 0.2) is 78.5 Å². The molecule has 0 atom stereocenters. The highest BCUT2D eigenvalue weighted by Gasteiger charge is 2.16. The van der Waals surface area contributed by atoms with Crippen LogP contribution in [0.5, 0.6) is 0 Å². The number of carbonyl (C=O) groups is 2. The fourth-order valence-corrected chi connectivity index (χ4v) is 4.71. The Hall–Kier alpha value is -3.33. The van der Waals surface area contributed by atoms with Gasteiger partial charge in [0.25, 0.3) is 5.91 Å². The summed E-state index contributed by atoms with van der Waals surface area (Å²) in [5.41, 5.74) is 1.07. The molecule has 0 aliphatic heterocycles. The van der Waals surface area contributed by atoms with E-state index in [1.165, 1.54) is 17.8 Å². The van der Waals surface area contributed by atoms with E-state index in [0.717, 1.165) is 16.5 Å². The molecule has 4 aromatic rings. The second-order valence-electron chi connectivity index (χ2n) is 7.47. The summed E-state index contributed by atoms with van der Waals surface area (Å²) in [7, 11) is 0. The monoisotopic (exact) mass is 525 g/mol. The normalized spacial score (nSPS) is 10.8. The Morgan fingerprint density at radius 2 is 1.86 bits per heavy atom. The van der Waals surface area contributed by atoms with Gasteiger partial charge >= 0.3 is 0 Å². The zero-order chi connectivity index (χ0) is 24.8.